The molecule has 0 spiro atoms. The molecule has 1 atom stereocenters. The molecule has 3 N–H and O–H groups in total. The van der Waals surface area contributed by atoms with Gasteiger partial charge in [-0.2, -0.15) is 4.39 Å². The van der Waals surface area contributed by atoms with Crippen molar-refractivity contribution in [2.45, 2.75) is 13.0 Å². The number of rotatable bonds is 3. The summed E-state index contributed by atoms with van der Waals surface area (Å²) in [6, 6.07) is 13.0. The van der Waals surface area contributed by atoms with Crippen LogP contribution in [0.4, 0.5) is 10.2 Å². The van der Waals surface area contributed by atoms with Gasteiger partial charge in [0.1, 0.15) is 18.2 Å². The molecule has 0 saturated carbocycles. The van der Waals surface area contributed by atoms with Crippen LogP contribution in [0, 0.1) is 12.9 Å². The van der Waals surface area contributed by atoms with Crippen LogP contribution in [0.5, 0.6) is 5.75 Å². The van der Waals surface area contributed by atoms with Crippen molar-refractivity contribution in [3.05, 3.63) is 76.1 Å². The van der Waals surface area contributed by atoms with Gasteiger partial charge in [-0.1, -0.05) is 12.1 Å². The number of nitrogens with two attached hydrogens (primary N) is 1. The fourth-order valence-electron chi connectivity index (χ4n) is 4.30. The summed E-state index contributed by atoms with van der Waals surface area (Å²) in [5.74, 6) is 0.287. The van der Waals surface area contributed by atoms with E-state index in [0.29, 0.717) is 28.7 Å². The molecular weight excluding hydrogens is 407 g/mol. The smallest absolute Gasteiger partial charge is 0.255 e. The van der Waals surface area contributed by atoms with Crippen LogP contribution in [0.2, 0.25) is 0 Å². The number of aromatic nitrogens is 2. The highest BCUT2D eigenvalue weighted by Gasteiger charge is 2.27. The van der Waals surface area contributed by atoms with E-state index in [1.165, 1.54) is 0 Å². The second-order valence-electron chi connectivity index (χ2n) is 8.36. The molecule has 5 rings (SSSR count). The quantitative estimate of drug-likeness (QED) is 0.474. The highest BCUT2D eigenvalue weighted by molar-refractivity contribution is 5.91. The summed E-state index contributed by atoms with van der Waals surface area (Å²) in [4.78, 5) is 20.9. The summed E-state index contributed by atoms with van der Waals surface area (Å²) in [5, 5.41) is 1.41. The van der Waals surface area contributed by atoms with Gasteiger partial charge in [-0.25, -0.2) is 4.98 Å². The molecule has 0 radical (unpaired) electrons. The van der Waals surface area contributed by atoms with Gasteiger partial charge in [0.15, 0.2) is 0 Å². The van der Waals surface area contributed by atoms with Gasteiger partial charge in [-0.15, -0.1) is 0 Å². The molecule has 0 fully saturated rings. The van der Waals surface area contributed by atoms with Gasteiger partial charge in [-0.05, 0) is 73.4 Å². The van der Waals surface area contributed by atoms with Crippen LogP contribution in [0.15, 0.2) is 53.5 Å². The molecule has 1 aliphatic rings. The third kappa shape index (κ3) is 3.22. The Balaban J connectivity index is 1.65. The van der Waals surface area contributed by atoms with Crippen LogP contribution in [0.3, 0.4) is 0 Å². The Labute approximate surface area is 184 Å². The maximum Gasteiger partial charge on any atom is 0.255 e. The van der Waals surface area contributed by atoms with Crippen molar-refractivity contribution < 1.29 is 9.13 Å². The number of nitrogen functional groups attached to an aromatic ring is 1. The van der Waals surface area contributed by atoms with E-state index >= 15 is 0 Å². The van der Waals surface area contributed by atoms with E-state index in [9.17, 15) is 9.18 Å². The van der Waals surface area contributed by atoms with Gasteiger partial charge < -0.3 is 15.5 Å². The average molecular weight is 430 g/mol. The Bertz CT molecular complexity index is 1430. The Morgan fingerprint density at radius 1 is 1.09 bits per heavy atom. The summed E-state index contributed by atoms with van der Waals surface area (Å²) < 4.78 is 20.7. The minimum Gasteiger partial charge on any atom is -0.491 e. The van der Waals surface area contributed by atoms with Crippen LogP contribution in [0.1, 0.15) is 17.2 Å². The monoisotopic (exact) mass is 430 g/mol. The zero-order valence-electron chi connectivity index (χ0n) is 18.1. The molecule has 162 valence electrons. The van der Waals surface area contributed by atoms with E-state index in [4.69, 9.17) is 10.5 Å². The van der Waals surface area contributed by atoms with Gasteiger partial charge in [0.2, 0.25) is 5.95 Å². The molecule has 0 unspecified atom stereocenters. The molecule has 32 heavy (non-hydrogen) atoms. The van der Waals surface area contributed by atoms with Gasteiger partial charge in [0.05, 0.1) is 6.04 Å². The normalized spacial score (nSPS) is 15.2. The molecule has 0 saturated heterocycles. The zero-order valence-corrected chi connectivity index (χ0v) is 18.1. The number of nitrogens with zero attached hydrogens (tertiary/aromatic N) is 2. The van der Waals surface area contributed by atoms with Crippen LogP contribution in [-0.4, -0.2) is 35.6 Å². The molecule has 7 heteroatoms. The minimum absolute atomic E-state index is 0.101. The second-order valence-corrected chi connectivity index (χ2v) is 8.36. The van der Waals surface area contributed by atoms with E-state index in [1.54, 1.807) is 18.3 Å². The lowest BCUT2D eigenvalue weighted by molar-refractivity contribution is 0.227. The highest BCUT2D eigenvalue weighted by Crippen LogP contribution is 2.39. The van der Waals surface area contributed by atoms with Crippen LogP contribution < -0.4 is 16.0 Å². The van der Waals surface area contributed by atoms with Gasteiger partial charge in [-0.3, -0.25) is 9.69 Å². The summed E-state index contributed by atoms with van der Waals surface area (Å²) in [7, 11) is 3.98. The number of fused-ring (bicyclic) bond motifs is 2. The number of aryl methyl sites for hydroxylation is 1. The molecule has 3 heterocycles. The molecule has 4 aromatic rings. The lowest BCUT2D eigenvalue weighted by Gasteiger charge is -2.18. The third-order valence-electron chi connectivity index (χ3n) is 6.13. The van der Waals surface area contributed by atoms with Crippen LogP contribution in [0.25, 0.3) is 33.0 Å². The predicted molar refractivity (Wildman–Crippen MR) is 124 cm³/mol. The average Bonchev–Trinajstić information content (AvgIpc) is 3.20. The molecular formula is C25H23FN4O2. The zero-order chi connectivity index (χ0) is 22.6. The Kier molecular flexibility index (Phi) is 4.71. The second kappa shape index (κ2) is 7.46. The number of benzene rings is 2. The first-order chi connectivity index (χ1) is 15.3. The number of nitrogens with one attached hydrogen (secondary N) is 1. The molecule has 0 bridgehead atoms. The number of ether oxygens (including phenoxy) is 1. The topological polar surface area (TPSA) is 84.2 Å². The van der Waals surface area contributed by atoms with E-state index in [-0.39, 0.29) is 17.4 Å². The van der Waals surface area contributed by atoms with E-state index in [1.807, 2.05) is 51.4 Å². The summed E-state index contributed by atoms with van der Waals surface area (Å²) in [6.07, 6.45) is 1.68. The molecule has 2 aromatic heterocycles. The van der Waals surface area contributed by atoms with Crippen molar-refractivity contribution in [3.63, 3.8) is 0 Å². The number of aromatic amines is 1. The number of hydrogen-bond acceptors (Lipinski definition) is 5. The summed E-state index contributed by atoms with van der Waals surface area (Å²) in [6.45, 7) is 2.49. The predicted octanol–water partition coefficient (Wildman–Crippen LogP) is 4.28. The standard InChI is InChI=1S/C25H23FN4O2/c1-13-11-28-25(31)16-6-4-15(8-17(13)16)19-10-18(23(26)29-24(19)27)14-5-7-22-20(9-14)21(12-32-22)30(2)3/h4-11,21H,12H2,1-3H3,(H2,27,29)(H,28,31)/t21-/m1/s1. The van der Waals surface area contributed by atoms with Crippen molar-refractivity contribution in [2.75, 3.05) is 26.4 Å². The lowest BCUT2D eigenvalue weighted by atomic mass is 9.96. The molecule has 2 aromatic carbocycles. The van der Waals surface area contributed by atoms with Crippen molar-refractivity contribution in [3.8, 4) is 28.0 Å². The van der Waals surface area contributed by atoms with Crippen molar-refractivity contribution in [1.82, 2.24) is 14.9 Å². The number of pyridine rings is 2. The lowest BCUT2D eigenvalue weighted by Crippen LogP contribution is -2.20. The third-order valence-corrected chi connectivity index (χ3v) is 6.13. The number of H-pyrrole nitrogens is 1. The first kappa shape index (κ1) is 20.2. The molecule has 0 aliphatic carbocycles. The van der Waals surface area contributed by atoms with Crippen LogP contribution >= 0.6 is 0 Å². The number of halogens is 1. The SMILES string of the molecule is Cc1c[nH]c(=O)c2ccc(-c3cc(-c4ccc5c(c4)[C@H](N(C)C)CO5)c(F)nc3N)cc12. The Morgan fingerprint density at radius 2 is 1.84 bits per heavy atom. The largest absolute Gasteiger partial charge is 0.491 e. The first-order valence-electron chi connectivity index (χ1n) is 10.4. The molecule has 6 nitrogen and oxygen atoms in total. The number of anilines is 1. The summed E-state index contributed by atoms with van der Waals surface area (Å²) in [5.41, 5.74) is 10.4. The van der Waals surface area contributed by atoms with Gasteiger partial charge in [0.25, 0.3) is 5.56 Å². The van der Waals surface area contributed by atoms with Crippen molar-refractivity contribution >= 4 is 16.6 Å². The Hall–Kier alpha value is -3.71. The van der Waals surface area contributed by atoms with E-state index in [2.05, 4.69) is 14.9 Å². The van der Waals surface area contributed by atoms with Crippen LogP contribution in [-0.2, 0) is 0 Å². The fourth-order valence-corrected chi connectivity index (χ4v) is 4.30. The minimum atomic E-state index is -0.625. The van der Waals surface area contributed by atoms with Crippen molar-refractivity contribution in [2.24, 2.45) is 0 Å². The maximum atomic E-state index is 14.9. The van der Waals surface area contributed by atoms with E-state index < -0.39 is 5.95 Å². The summed E-state index contributed by atoms with van der Waals surface area (Å²) >= 11 is 0. The van der Waals surface area contributed by atoms with Gasteiger partial charge >= 0.3 is 0 Å². The van der Waals surface area contributed by atoms with Gasteiger partial charge in [0, 0.05) is 28.3 Å². The first-order valence-corrected chi connectivity index (χ1v) is 10.4. The Morgan fingerprint density at radius 3 is 2.62 bits per heavy atom. The molecule has 1 aliphatic heterocycles. The van der Waals surface area contributed by atoms with E-state index in [0.717, 1.165) is 27.8 Å². The van der Waals surface area contributed by atoms with Crippen molar-refractivity contribution in [1.29, 1.82) is 0 Å². The molecule has 0 amide bonds. The number of hydrogen-bond donors (Lipinski definition) is 2. The maximum absolute atomic E-state index is 14.9. The highest BCUT2D eigenvalue weighted by atomic mass is 19.1. The number of likely N-dealkylation sites (N-methyl/N-ethyl adjacent to an activating group) is 1. The fraction of sp³-hybridized carbons (Fsp3) is 0.200.